The van der Waals surface area contributed by atoms with Crippen LogP contribution in [0.15, 0.2) is 11.1 Å². The van der Waals surface area contributed by atoms with Crippen molar-refractivity contribution in [3.8, 4) is 0 Å². The van der Waals surface area contributed by atoms with Gasteiger partial charge in [-0.2, -0.15) is 0 Å². The fourth-order valence-corrected chi connectivity index (χ4v) is 1.34. The molecule has 0 amide bonds. The highest BCUT2D eigenvalue weighted by molar-refractivity contribution is 7.98. The van der Waals surface area contributed by atoms with Gasteiger partial charge in [0.25, 0.3) is 5.24 Å². The number of carbonyl (C=O) groups is 1. The molecular formula is C6H4Cl2N2OS. The van der Waals surface area contributed by atoms with Crippen LogP contribution < -0.4 is 0 Å². The normalized spacial score (nSPS) is 9.92. The van der Waals surface area contributed by atoms with E-state index in [2.05, 4.69) is 9.97 Å². The van der Waals surface area contributed by atoms with Crippen molar-refractivity contribution < 1.29 is 4.79 Å². The van der Waals surface area contributed by atoms with E-state index in [0.29, 0.717) is 5.03 Å². The number of nitrogens with zero attached hydrogens (tertiary/aromatic N) is 2. The maximum atomic E-state index is 10.7. The number of thioether (sulfide) groups is 1. The van der Waals surface area contributed by atoms with E-state index < -0.39 is 5.24 Å². The summed E-state index contributed by atoms with van der Waals surface area (Å²) in [6, 6.07) is 1.49. The molecule has 0 N–H and O–H groups in total. The predicted molar refractivity (Wildman–Crippen MR) is 49.0 cm³/mol. The summed E-state index contributed by atoms with van der Waals surface area (Å²) in [6.07, 6.45) is 1.82. The summed E-state index contributed by atoms with van der Waals surface area (Å²) in [5.74, 6) is 0. The van der Waals surface area contributed by atoms with Gasteiger partial charge < -0.3 is 0 Å². The van der Waals surface area contributed by atoms with Crippen LogP contribution in [0.1, 0.15) is 10.5 Å². The molecule has 1 heterocycles. The van der Waals surface area contributed by atoms with E-state index in [0.717, 1.165) is 0 Å². The first kappa shape index (κ1) is 9.77. The second kappa shape index (κ2) is 4.07. The molecule has 1 aromatic heterocycles. The van der Waals surface area contributed by atoms with Crippen molar-refractivity contribution >= 4 is 40.2 Å². The Morgan fingerprint density at radius 3 is 2.75 bits per heavy atom. The molecule has 0 aliphatic carbocycles. The smallest absolute Gasteiger partial charge is 0.271 e. The Hall–Kier alpha value is -0.320. The summed E-state index contributed by atoms with van der Waals surface area (Å²) in [4.78, 5) is 18.2. The minimum atomic E-state index is -0.630. The minimum Gasteiger partial charge on any atom is -0.274 e. The van der Waals surface area contributed by atoms with Crippen molar-refractivity contribution in [1.82, 2.24) is 9.97 Å². The fraction of sp³-hybridized carbons (Fsp3) is 0.167. The standard InChI is InChI=1S/C6H4Cl2N2OS/c1-12-4-2-3(5(7)11)9-6(8)10-4/h2H,1H3. The highest BCUT2D eigenvalue weighted by Gasteiger charge is 2.07. The van der Waals surface area contributed by atoms with Crippen molar-refractivity contribution in [2.45, 2.75) is 5.03 Å². The summed E-state index contributed by atoms with van der Waals surface area (Å²) >= 11 is 12.1. The van der Waals surface area contributed by atoms with Crippen molar-refractivity contribution in [3.05, 3.63) is 17.0 Å². The van der Waals surface area contributed by atoms with Gasteiger partial charge >= 0.3 is 0 Å². The lowest BCUT2D eigenvalue weighted by atomic mass is 10.4. The molecule has 0 spiro atoms. The Kier molecular flexibility index (Phi) is 3.31. The quantitative estimate of drug-likeness (QED) is 0.333. The maximum absolute atomic E-state index is 10.7. The lowest BCUT2D eigenvalue weighted by molar-refractivity contribution is 0.107. The van der Waals surface area contributed by atoms with Crippen LogP contribution in [0.3, 0.4) is 0 Å². The van der Waals surface area contributed by atoms with E-state index in [-0.39, 0.29) is 11.0 Å². The third-order valence-corrected chi connectivity index (χ3v) is 2.08. The summed E-state index contributed by atoms with van der Waals surface area (Å²) in [5, 5.41) is 0.0273. The van der Waals surface area contributed by atoms with Gasteiger partial charge in [-0.25, -0.2) is 9.97 Å². The molecule has 0 aromatic carbocycles. The van der Waals surface area contributed by atoms with Gasteiger partial charge in [-0.15, -0.1) is 11.8 Å². The molecule has 3 nitrogen and oxygen atoms in total. The first-order chi connectivity index (χ1) is 5.63. The highest BCUT2D eigenvalue weighted by Crippen LogP contribution is 2.15. The highest BCUT2D eigenvalue weighted by atomic mass is 35.5. The second-order valence-corrected chi connectivity index (χ2v) is 3.35. The average Bonchev–Trinajstić information content (AvgIpc) is 2.03. The molecule has 0 saturated heterocycles. The molecule has 0 atom stereocenters. The lowest BCUT2D eigenvalue weighted by Gasteiger charge is -1.97. The largest absolute Gasteiger partial charge is 0.274 e. The minimum absolute atomic E-state index is 0.0332. The van der Waals surface area contributed by atoms with Crippen LogP contribution in [0.2, 0.25) is 5.28 Å². The van der Waals surface area contributed by atoms with Crippen LogP contribution in [0, 0.1) is 0 Å². The van der Waals surface area contributed by atoms with Gasteiger partial charge in [0.1, 0.15) is 10.7 Å². The summed E-state index contributed by atoms with van der Waals surface area (Å²) in [6.45, 7) is 0. The molecule has 12 heavy (non-hydrogen) atoms. The van der Waals surface area contributed by atoms with Gasteiger partial charge in [0.05, 0.1) is 0 Å². The number of rotatable bonds is 2. The van der Waals surface area contributed by atoms with Crippen LogP contribution in [-0.4, -0.2) is 21.5 Å². The number of hydrogen-bond donors (Lipinski definition) is 0. The van der Waals surface area contributed by atoms with E-state index in [9.17, 15) is 4.79 Å². The Morgan fingerprint density at radius 1 is 1.58 bits per heavy atom. The van der Waals surface area contributed by atoms with Crippen LogP contribution in [-0.2, 0) is 0 Å². The zero-order valence-electron chi connectivity index (χ0n) is 6.04. The Balaban J connectivity index is 3.15. The predicted octanol–water partition coefficient (Wildman–Crippen LogP) is 2.23. The fourth-order valence-electron chi connectivity index (χ4n) is 0.602. The van der Waals surface area contributed by atoms with Crippen LogP contribution in [0.5, 0.6) is 0 Å². The number of carbonyl (C=O) groups excluding carboxylic acids is 1. The third-order valence-electron chi connectivity index (χ3n) is 1.09. The monoisotopic (exact) mass is 222 g/mol. The van der Waals surface area contributed by atoms with Crippen LogP contribution in [0.25, 0.3) is 0 Å². The SMILES string of the molecule is CSc1cc(C(=O)Cl)nc(Cl)n1. The Labute approximate surface area is 83.5 Å². The first-order valence-electron chi connectivity index (χ1n) is 2.92. The molecule has 0 aliphatic rings. The number of halogens is 2. The zero-order valence-corrected chi connectivity index (χ0v) is 8.37. The van der Waals surface area contributed by atoms with Gasteiger partial charge in [0, 0.05) is 6.07 Å². The van der Waals surface area contributed by atoms with Gasteiger partial charge in [0.15, 0.2) is 0 Å². The molecule has 6 heteroatoms. The van der Waals surface area contributed by atoms with Gasteiger partial charge in [-0.3, -0.25) is 4.79 Å². The van der Waals surface area contributed by atoms with Gasteiger partial charge in [-0.05, 0) is 29.5 Å². The molecule has 0 fully saturated rings. The van der Waals surface area contributed by atoms with Crippen molar-refractivity contribution in [1.29, 1.82) is 0 Å². The number of hydrogen-bond acceptors (Lipinski definition) is 4. The van der Waals surface area contributed by atoms with E-state index in [1.54, 1.807) is 0 Å². The summed E-state index contributed by atoms with van der Waals surface area (Å²) in [5.41, 5.74) is 0.126. The molecule has 0 aliphatic heterocycles. The summed E-state index contributed by atoms with van der Waals surface area (Å²) in [7, 11) is 0. The molecular weight excluding hydrogens is 219 g/mol. The van der Waals surface area contributed by atoms with Gasteiger partial charge in [0.2, 0.25) is 5.28 Å². The van der Waals surface area contributed by atoms with E-state index in [4.69, 9.17) is 23.2 Å². The molecule has 0 unspecified atom stereocenters. The van der Waals surface area contributed by atoms with E-state index in [1.165, 1.54) is 17.8 Å². The Bertz CT molecular complexity index is 318. The maximum Gasteiger partial charge on any atom is 0.271 e. The Morgan fingerprint density at radius 2 is 2.25 bits per heavy atom. The zero-order chi connectivity index (χ0) is 9.14. The van der Waals surface area contributed by atoms with Crippen molar-refractivity contribution in [2.24, 2.45) is 0 Å². The second-order valence-electron chi connectivity index (χ2n) is 1.84. The van der Waals surface area contributed by atoms with Crippen LogP contribution in [0.4, 0.5) is 0 Å². The molecule has 1 rings (SSSR count). The molecule has 0 bridgehead atoms. The first-order valence-corrected chi connectivity index (χ1v) is 4.90. The molecule has 0 radical (unpaired) electrons. The lowest BCUT2D eigenvalue weighted by Crippen LogP contribution is -1.96. The topological polar surface area (TPSA) is 42.9 Å². The number of aromatic nitrogens is 2. The molecule has 1 aromatic rings. The van der Waals surface area contributed by atoms with Crippen molar-refractivity contribution in [3.63, 3.8) is 0 Å². The van der Waals surface area contributed by atoms with E-state index in [1.807, 2.05) is 6.26 Å². The van der Waals surface area contributed by atoms with E-state index >= 15 is 0 Å². The molecule has 0 saturated carbocycles. The average molecular weight is 223 g/mol. The van der Waals surface area contributed by atoms with Crippen LogP contribution >= 0.6 is 35.0 Å². The molecule has 64 valence electrons. The van der Waals surface area contributed by atoms with Gasteiger partial charge in [-0.1, -0.05) is 0 Å². The third kappa shape index (κ3) is 2.33. The summed E-state index contributed by atoms with van der Waals surface area (Å²) < 4.78 is 0. The van der Waals surface area contributed by atoms with Crippen molar-refractivity contribution in [2.75, 3.05) is 6.26 Å².